The van der Waals surface area contributed by atoms with Crippen LogP contribution in [0.2, 0.25) is 0 Å². The van der Waals surface area contributed by atoms with Gasteiger partial charge >= 0.3 is 0 Å². The standard InChI is InChI=1S/C37H44F4/c1-3-5-7-8-9-11-13-30-22-23-31(35(39)34(30)38)28-18-20-29(21-19-28)33-25-24-32(36(40)37(33)41)27-16-14-26(15-17-27)12-10-6-4-2/h4,6,18-27H,3,5,7-17H2,1-2H3. The largest absolute Gasteiger partial charge is 0.203 e. The molecular weight excluding hydrogens is 520 g/mol. The van der Waals surface area contributed by atoms with E-state index in [2.05, 4.69) is 19.1 Å². The number of allylic oxidation sites excluding steroid dienone is 2. The molecule has 0 aliphatic heterocycles. The van der Waals surface area contributed by atoms with E-state index < -0.39 is 23.3 Å². The zero-order valence-electron chi connectivity index (χ0n) is 24.6. The number of hydrogen-bond donors (Lipinski definition) is 0. The number of hydrogen-bond acceptors (Lipinski definition) is 0. The molecule has 3 aromatic rings. The monoisotopic (exact) mass is 564 g/mol. The van der Waals surface area contributed by atoms with Crippen molar-refractivity contribution >= 4 is 0 Å². The highest BCUT2D eigenvalue weighted by molar-refractivity contribution is 5.71. The van der Waals surface area contributed by atoms with Crippen LogP contribution in [-0.2, 0) is 6.42 Å². The summed E-state index contributed by atoms with van der Waals surface area (Å²) in [6.07, 6.45) is 17.4. The molecule has 0 bridgehead atoms. The number of unbranched alkanes of at least 4 members (excludes halogenated alkanes) is 5. The molecule has 0 unspecified atom stereocenters. The van der Waals surface area contributed by atoms with Crippen LogP contribution in [-0.4, -0.2) is 0 Å². The SMILES string of the molecule is CC=CCCC1CCC(c2ccc(-c3ccc(-c4ccc(CCCCCCCC)c(F)c4F)cc3)c(F)c2F)CC1. The fourth-order valence-electron chi connectivity index (χ4n) is 6.29. The van der Waals surface area contributed by atoms with Crippen LogP contribution in [0.25, 0.3) is 22.3 Å². The first-order chi connectivity index (χ1) is 19.9. The fourth-order valence-corrected chi connectivity index (χ4v) is 6.29. The zero-order valence-corrected chi connectivity index (χ0v) is 24.6. The molecule has 0 atom stereocenters. The van der Waals surface area contributed by atoms with Crippen molar-refractivity contribution in [2.75, 3.05) is 0 Å². The molecule has 1 aliphatic carbocycles. The van der Waals surface area contributed by atoms with Crippen LogP contribution in [0.3, 0.4) is 0 Å². The molecule has 1 saturated carbocycles. The third kappa shape index (κ3) is 7.90. The van der Waals surface area contributed by atoms with Crippen molar-refractivity contribution in [1.29, 1.82) is 0 Å². The van der Waals surface area contributed by atoms with Gasteiger partial charge in [-0.05, 0) is 92.4 Å². The van der Waals surface area contributed by atoms with Gasteiger partial charge in [-0.25, -0.2) is 17.6 Å². The quantitative estimate of drug-likeness (QED) is 0.110. The van der Waals surface area contributed by atoms with Gasteiger partial charge in [0.05, 0.1) is 0 Å². The predicted molar refractivity (Wildman–Crippen MR) is 163 cm³/mol. The van der Waals surface area contributed by atoms with Crippen molar-refractivity contribution in [1.82, 2.24) is 0 Å². The third-order valence-electron chi connectivity index (χ3n) is 8.84. The maximum absolute atomic E-state index is 15.3. The highest BCUT2D eigenvalue weighted by Gasteiger charge is 2.26. The van der Waals surface area contributed by atoms with Gasteiger partial charge in [0, 0.05) is 11.1 Å². The lowest BCUT2D eigenvalue weighted by Gasteiger charge is -2.29. The van der Waals surface area contributed by atoms with E-state index in [9.17, 15) is 8.78 Å². The molecule has 0 saturated heterocycles. The molecule has 0 amide bonds. The molecule has 0 heterocycles. The van der Waals surface area contributed by atoms with Gasteiger partial charge in [0.15, 0.2) is 23.3 Å². The van der Waals surface area contributed by atoms with Gasteiger partial charge in [-0.15, -0.1) is 0 Å². The normalized spacial score (nSPS) is 17.4. The molecular formula is C37H44F4. The van der Waals surface area contributed by atoms with Crippen LogP contribution in [0.1, 0.15) is 108 Å². The average Bonchev–Trinajstić information content (AvgIpc) is 2.99. The van der Waals surface area contributed by atoms with E-state index in [0.717, 1.165) is 57.8 Å². The highest BCUT2D eigenvalue weighted by atomic mass is 19.2. The Labute approximate surface area is 243 Å². The van der Waals surface area contributed by atoms with Crippen molar-refractivity contribution < 1.29 is 17.6 Å². The van der Waals surface area contributed by atoms with Crippen molar-refractivity contribution in [2.45, 2.75) is 103 Å². The summed E-state index contributed by atoms with van der Waals surface area (Å²) in [6, 6.07) is 13.2. The van der Waals surface area contributed by atoms with Crippen molar-refractivity contribution in [3.8, 4) is 22.3 Å². The van der Waals surface area contributed by atoms with E-state index in [1.54, 1.807) is 48.5 Å². The lowest BCUT2D eigenvalue weighted by Crippen LogP contribution is -2.15. The molecule has 4 rings (SSSR count). The van der Waals surface area contributed by atoms with Gasteiger partial charge in [-0.2, -0.15) is 0 Å². The van der Waals surface area contributed by atoms with Crippen LogP contribution in [0, 0.1) is 29.2 Å². The van der Waals surface area contributed by atoms with E-state index >= 15 is 8.78 Å². The average molecular weight is 565 g/mol. The molecule has 0 nitrogen and oxygen atoms in total. The first-order valence-corrected chi connectivity index (χ1v) is 15.6. The Balaban J connectivity index is 1.41. The Hall–Kier alpha value is -2.88. The van der Waals surface area contributed by atoms with Crippen LogP contribution in [0.5, 0.6) is 0 Å². The lowest BCUT2D eigenvalue weighted by atomic mass is 9.77. The fraction of sp³-hybridized carbons (Fsp3) is 0.459. The minimum absolute atomic E-state index is 0.0424. The van der Waals surface area contributed by atoms with Crippen molar-refractivity contribution in [3.63, 3.8) is 0 Å². The first-order valence-electron chi connectivity index (χ1n) is 15.6. The summed E-state index contributed by atoms with van der Waals surface area (Å²) in [6.45, 7) is 4.20. The summed E-state index contributed by atoms with van der Waals surface area (Å²) >= 11 is 0. The van der Waals surface area contributed by atoms with Gasteiger partial charge in [-0.3, -0.25) is 0 Å². The molecule has 0 N–H and O–H groups in total. The smallest absolute Gasteiger partial charge is 0.166 e. The number of halogens is 4. The Morgan fingerprint density at radius 1 is 0.659 bits per heavy atom. The Morgan fingerprint density at radius 3 is 1.88 bits per heavy atom. The van der Waals surface area contributed by atoms with E-state index in [1.807, 2.05) is 6.92 Å². The van der Waals surface area contributed by atoms with Crippen LogP contribution >= 0.6 is 0 Å². The lowest BCUT2D eigenvalue weighted by molar-refractivity contribution is 0.306. The first kappa shape index (κ1) is 31.1. The molecule has 1 aliphatic rings. The summed E-state index contributed by atoms with van der Waals surface area (Å²) in [4.78, 5) is 0. The minimum Gasteiger partial charge on any atom is -0.203 e. The summed E-state index contributed by atoms with van der Waals surface area (Å²) in [7, 11) is 0. The number of benzene rings is 3. The topological polar surface area (TPSA) is 0 Å². The van der Waals surface area contributed by atoms with E-state index in [0.29, 0.717) is 34.6 Å². The van der Waals surface area contributed by atoms with Gasteiger partial charge in [0.2, 0.25) is 0 Å². The predicted octanol–water partition coefficient (Wildman–Crippen LogP) is 12.1. The van der Waals surface area contributed by atoms with E-state index in [1.165, 1.54) is 19.3 Å². The second kappa shape index (κ2) is 15.4. The summed E-state index contributed by atoms with van der Waals surface area (Å²) in [5.74, 6) is -2.57. The maximum Gasteiger partial charge on any atom is 0.166 e. The van der Waals surface area contributed by atoms with Crippen LogP contribution < -0.4 is 0 Å². The molecule has 0 spiro atoms. The van der Waals surface area contributed by atoms with Gasteiger partial charge in [0.25, 0.3) is 0 Å². The van der Waals surface area contributed by atoms with Gasteiger partial charge in [0.1, 0.15) is 0 Å². The second-order valence-electron chi connectivity index (χ2n) is 11.7. The summed E-state index contributed by atoms with van der Waals surface area (Å²) in [5.41, 5.74) is 2.22. The molecule has 1 fully saturated rings. The molecule has 4 heteroatoms. The second-order valence-corrected chi connectivity index (χ2v) is 11.7. The van der Waals surface area contributed by atoms with Crippen molar-refractivity contribution in [3.05, 3.63) is 95.1 Å². The molecule has 41 heavy (non-hydrogen) atoms. The minimum atomic E-state index is -0.862. The Morgan fingerprint density at radius 2 is 1.24 bits per heavy atom. The molecule has 3 aromatic carbocycles. The third-order valence-corrected chi connectivity index (χ3v) is 8.84. The van der Waals surface area contributed by atoms with E-state index in [-0.39, 0.29) is 17.0 Å². The zero-order chi connectivity index (χ0) is 29.2. The summed E-state index contributed by atoms with van der Waals surface area (Å²) < 4.78 is 60.3. The Kier molecular flexibility index (Phi) is 11.7. The number of rotatable bonds is 13. The maximum atomic E-state index is 15.3. The van der Waals surface area contributed by atoms with Gasteiger partial charge < -0.3 is 0 Å². The highest BCUT2D eigenvalue weighted by Crippen LogP contribution is 2.40. The Bertz CT molecular complexity index is 1280. The molecule has 0 radical (unpaired) electrons. The van der Waals surface area contributed by atoms with Crippen LogP contribution in [0.15, 0.2) is 60.7 Å². The number of aryl methyl sites for hydroxylation is 1. The van der Waals surface area contributed by atoms with Gasteiger partial charge in [-0.1, -0.05) is 99.7 Å². The molecule has 0 aromatic heterocycles. The summed E-state index contributed by atoms with van der Waals surface area (Å²) in [5, 5.41) is 0. The van der Waals surface area contributed by atoms with Crippen LogP contribution in [0.4, 0.5) is 17.6 Å². The van der Waals surface area contributed by atoms with E-state index in [4.69, 9.17) is 0 Å². The van der Waals surface area contributed by atoms with Crippen molar-refractivity contribution in [2.24, 2.45) is 5.92 Å². The molecule has 220 valence electrons.